The minimum atomic E-state index is 0.0162. The van der Waals surface area contributed by atoms with E-state index >= 15 is 0 Å². The number of aromatic nitrogens is 2. The van der Waals surface area contributed by atoms with Gasteiger partial charge in [-0.3, -0.25) is 4.79 Å². The molecule has 0 radical (unpaired) electrons. The average molecular weight is 355 g/mol. The number of nitrogens with zero attached hydrogens (tertiary/aromatic N) is 2. The summed E-state index contributed by atoms with van der Waals surface area (Å²) in [7, 11) is 1.62. The fourth-order valence-electron chi connectivity index (χ4n) is 3.04. The average Bonchev–Trinajstić information content (AvgIpc) is 3.16. The molecule has 1 aromatic heterocycles. The number of carbonyl (C=O) groups is 1. The van der Waals surface area contributed by atoms with E-state index in [0.29, 0.717) is 31.1 Å². The molecule has 0 fully saturated rings. The van der Waals surface area contributed by atoms with Crippen LogP contribution in [0.25, 0.3) is 11.4 Å². The van der Waals surface area contributed by atoms with E-state index in [2.05, 4.69) is 21.5 Å². The van der Waals surface area contributed by atoms with Gasteiger partial charge in [0.2, 0.25) is 17.6 Å². The van der Waals surface area contributed by atoms with Gasteiger partial charge in [0, 0.05) is 24.9 Å². The maximum atomic E-state index is 12.0. The second-order valence-corrected chi connectivity index (χ2v) is 6.45. The maximum Gasteiger partial charge on any atom is 0.227 e. The van der Waals surface area contributed by atoms with Crippen LogP contribution >= 0.6 is 0 Å². The normalized spacial score (nSPS) is 14.0. The molecule has 1 aliphatic rings. The molecule has 26 heavy (non-hydrogen) atoms. The molecule has 0 atom stereocenters. The van der Waals surface area contributed by atoms with E-state index in [-0.39, 0.29) is 5.91 Å². The Morgan fingerprint density at radius 3 is 3.04 bits per heavy atom. The Kier molecular flexibility index (Phi) is 6.41. The van der Waals surface area contributed by atoms with Gasteiger partial charge in [0.15, 0.2) is 0 Å². The molecule has 1 aromatic carbocycles. The number of benzene rings is 1. The van der Waals surface area contributed by atoms with Gasteiger partial charge < -0.3 is 14.6 Å². The van der Waals surface area contributed by atoms with Crippen LogP contribution in [0.1, 0.15) is 44.4 Å². The first-order valence-electron chi connectivity index (χ1n) is 9.16. The van der Waals surface area contributed by atoms with E-state index in [1.54, 1.807) is 7.11 Å². The maximum absolute atomic E-state index is 12.0. The number of ether oxygens (including phenoxy) is 1. The van der Waals surface area contributed by atoms with Crippen molar-refractivity contribution in [2.45, 2.75) is 44.9 Å². The van der Waals surface area contributed by atoms with Crippen molar-refractivity contribution in [3.8, 4) is 17.1 Å². The molecule has 0 bridgehead atoms. The summed E-state index contributed by atoms with van der Waals surface area (Å²) in [5.41, 5.74) is 2.29. The predicted octanol–water partition coefficient (Wildman–Crippen LogP) is 3.68. The van der Waals surface area contributed by atoms with Gasteiger partial charge in [-0.25, -0.2) is 0 Å². The molecule has 1 heterocycles. The summed E-state index contributed by atoms with van der Waals surface area (Å²) in [6, 6.07) is 7.47. The lowest BCUT2D eigenvalue weighted by atomic mass is 9.97. The van der Waals surface area contributed by atoms with Gasteiger partial charge in [-0.05, 0) is 44.2 Å². The monoisotopic (exact) mass is 355 g/mol. The Bertz CT molecular complexity index is 767. The minimum absolute atomic E-state index is 0.0162. The molecule has 6 heteroatoms. The van der Waals surface area contributed by atoms with Crippen molar-refractivity contribution in [3.05, 3.63) is 41.8 Å². The van der Waals surface area contributed by atoms with E-state index in [1.807, 2.05) is 24.3 Å². The van der Waals surface area contributed by atoms with Crippen LogP contribution < -0.4 is 10.1 Å². The van der Waals surface area contributed by atoms with Gasteiger partial charge in [0.05, 0.1) is 7.11 Å². The fourth-order valence-corrected chi connectivity index (χ4v) is 3.04. The number of hydrogen-bond donors (Lipinski definition) is 1. The quantitative estimate of drug-likeness (QED) is 0.731. The molecular formula is C20H25N3O3. The molecule has 1 N–H and O–H groups in total. The van der Waals surface area contributed by atoms with E-state index < -0.39 is 0 Å². The highest BCUT2D eigenvalue weighted by Crippen LogP contribution is 2.21. The Hall–Kier alpha value is -2.63. The van der Waals surface area contributed by atoms with Crippen molar-refractivity contribution in [1.29, 1.82) is 0 Å². The molecule has 1 amide bonds. The first-order valence-corrected chi connectivity index (χ1v) is 9.16. The Morgan fingerprint density at radius 1 is 1.31 bits per heavy atom. The van der Waals surface area contributed by atoms with Crippen molar-refractivity contribution in [2.75, 3.05) is 13.7 Å². The molecule has 0 unspecified atom stereocenters. The molecule has 0 saturated heterocycles. The summed E-state index contributed by atoms with van der Waals surface area (Å²) in [6.45, 7) is 0.698. The van der Waals surface area contributed by atoms with E-state index in [4.69, 9.17) is 9.26 Å². The van der Waals surface area contributed by atoms with Crippen LogP contribution in [0, 0.1) is 0 Å². The zero-order valence-corrected chi connectivity index (χ0v) is 15.2. The first-order chi connectivity index (χ1) is 12.7. The first kappa shape index (κ1) is 18.2. The number of aryl methyl sites for hydroxylation is 1. The summed E-state index contributed by atoms with van der Waals surface area (Å²) in [5.74, 6) is 1.72. The smallest absolute Gasteiger partial charge is 0.227 e. The molecule has 0 aliphatic heterocycles. The summed E-state index contributed by atoms with van der Waals surface area (Å²) < 4.78 is 10.5. The lowest BCUT2D eigenvalue weighted by Gasteiger charge is -2.12. The van der Waals surface area contributed by atoms with Gasteiger partial charge >= 0.3 is 0 Å². The summed E-state index contributed by atoms with van der Waals surface area (Å²) in [5, 5.41) is 6.95. The third-order valence-corrected chi connectivity index (χ3v) is 4.52. The molecule has 138 valence electrons. The molecule has 1 aliphatic carbocycles. The largest absolute Gasteiger partial charge is 0.497 e. The van der Waals surface area contributed by atoms with E-state index in [0.717, 1.165) is 17.7 Å². The number of carbonyl (C=O) groups excluding carboxylic acids is 1. The van der Waals surface area contributed by atoms with Crippen LogP contribution in [0.4, 0.5) is 0 Å². The number of methoxy groups -OCH3 is 1. The van der Waals surface area contributed by atoms with Gasteiger partial charge in [-0.2, -0.15) is 4.98 Å². The van der Waals surface area contributed by atoms with Crippen molar-refractivity contribution >= 4 is 5.91 Å². The van der Waals surface area contributed by atoms with Crippen LogP contribution in [0.15, 0.2) is 40.4 Å². The summed E-state index contributed by atoms with van der Waals surface area (Å²) >= 11 is 0. The van der Waals surface area contributed by atoms with Crippen LogP contribution in [0.5, 0.6) is 5.75 Å². The Labute approximate surface area is 153 Å². The van der Waals surface area contributed by atoms with Crippen molar-refractivity contribution < 1.29 is 14.1 Å². The van der Waals surface area contributed by atoms with Crippen LogP contribution in [-0.2, 0) is 11.2 Å². The van der Waals surface area contributed by atoms with Crippen molar-refractivity contribution in [1.82, 2.24) is 15.5 Å². The van der Waals surface area contributed by atoms with E-state index in [1.165, 1.54) is 31.3 Å². The van der Waals surface area contributed by atoms with Gasteiger partial charge in [-0.1, -0.05) is 28.9 Å². The highest BCUT2D eigenvalue weighted by atomic mass is 16.5. The van der Waals surface area contributed by atoms with E-state index in [9.17, 15) is 4.79 Å². The Morgan fingerprint density at radius 2 is 2.23 bits per heavy atom. The summed E-state index contributed by atoms with van der Waals surface area (Å²) in [4.78, 5) is 16.3. The van der Waals surface area contributed by atoms with Gasteiger partial charge in [0.25, 0.3) is 0 Å². The molecule has 2 aromatic rings. The highest BCUT2D eigenvalue weighted by molar-refractivity contribution is 5.76. The molecule has 0 saturated carbocycles. The van der Waals surface area contributed by atoms with Crippen molar-refractivity contribution in [3.63, 3.8) is 0 Å². The number of amides is 1. The van der Waals surface area contributed by atoms with Gasteiger partial charge in [-0.15, -0.1) is 0 Å². The highest BCUT2D eigenvalue weighted by Gasteiger charge is 2.11. The van der Waals surface area contributed by atoms with Crippen LogP contribution in [-0.4, -0.2) is 29.7 Å². The molecule has 6 nitrogen and oxygen atoms in total. The second-order valence-electron chi connectivity index (χ2n) is 6.45. The summed E-state index contributed by atoms with van der Waals surface area (Å²) in [6.07, 6.45) is 8.95. The predicted molar refractivity (Wildman–Crippen MR) is 98.8 cm³/mol. The fraction of sp³-hybridized carbons (Fsp3) is 0.450. The molecular weight excluding hydrogens is 330 g/mol. The SMILES string of the molecule is COc1cccc(-c2noc(CCC(=O)NCCC3=CCCCC3)n2)c1. The number of hydrogen-bond acceptors (Lipinski definition) is 5. The lowest BCUT2D eigenvalue weighted by molar-refractivity contribution is -0.121. The standard InChI is InChI=1S/C20H25N3O3/c1-25-17-9-5-8-16(14-17)20-22-19(26-23-20)11-10-18(24)21-13-12-15-6-3-2-4-7-15/h5-6,8-9,14H,2-4,7,10-13H2,1H3,(H,21,24). The zero-order chi connectivity index (χ0) is 18.2. The topological polar surface area (TPSA) is 77.2 Å². The van der Waals surface area contributed by atoms with Gasteiger partial charge in [0.1, 0.15) is 5.75 Å². The third kappa shape index (κ3) is 5.18. The molecule has 0 spiro atoms. The third-order valence-electron chi connectivity index (χ3n) is 4.52. The minimum Gasteiger partial charge on any atom is -0.497 e. The molecule has 3 rings (SSSR count). The lowest BCUT2D eigenvalue weighted by Crippen LogP contribution is -2.25. The van der Waals surface area contributed by atoms with Crippen molar-refractivity contribution in [2.24, 2.45) is 0 Å². The number of allylic oxidation sites excluding steroid dienone is 1. The second kappa shape index (κ2) is 9.17. The number of rotatable bonds is 8. The van der Waals surface area contributed by atoms with Crippen LogP contribution in [0.2, 0.25) is 0 Å². The van der Waals surface area contributed by atoms with Crippen LogP contribution in [0.3, 0.4) is 0 Å². The number of nitrogens with one attached hydrogen (secondary N) is 1. The zero-order valence-electron chi connectivity index (χ0n) is 15.2. The Balaban J connectivity index is 1.44.